The Labute approximate surface area is 163 Å². The van der Waals surface area contributed by atoms with E-state index in [1.807, 2.05) is 6.20 Å². The fraction of sp³-hybridized carbons (Fsp3) is 0.400. The number of nitrogens with zero attached hydrogens (tertiary/aromatic N) is 4. The second-order valence-corrected chi connectivity index (χ2v) is 7.06. The summed E-state index contributed by atoms with van der Waals surface area (Å²) in [5.41, 5.74) is 8.77. The molecule has 1 aliphatic rings. The van der Waals surface area contributed by atoms with Crippen LogP contribution in [0.3, 0.4) is 0 Å². The molecule has 0 amide bonds. The SMILES string of the molecule is COc1ncnc(N2CCN(CCCc3c[nH]c4ccc(F)cc34)CC2)c1N. The van der Waals surface area contributed by atoms with E-state index in [9.17, 15) is 4.39 Å². The van der Waals surface area contributed by atoms with Crippen molar-refractivity contribution in [1.82, 2.24) is 19.9 Å². The van der Waals surface area contributed by atoms with Gasteiger partial charge < -0.3 is 20.4 Å². The van der Waals surface area contributed by atoms with E-state index in [0.29, 0.717) is 11.6 Å². The van der Waals surface area contributed by atoms with Crippen molar-refractivity contribution in [2.75, 3.05) is 50.5 Å². The van der Waals surface area contributed by atoms with Crippen molar-refractivity contribution in [2.45, 2.75) is 12.8 Å². The molecule has 4 rings (SSSR count). The van der Waals surface area contributed by atoms with E-state index >= 15 is 0 Å². The first kappa shape index (κ1) is 18.5. The molecule has 148 valence electrons. The van der Waals surface area contributed by atoms with Crippen molar-refractivity contribution in [1.29, 1.82) is 0 Å². The highest BCUT2D eigenvalue weighted by Crippen LogP contribution is 2.28. The van der Waals surface area contributed by atoms with Gasteiger partial charge in [-0.2, -0.15) is 4.98 Å². The predicted octanol–water partition coefficient (Wildman–Crippen LogP) is 2.44. The monoisotopic (exact) mass is 384 g/mol. The standard InChI is InChI=1S/C20H25FN6O/c1-28-20-18(22)19(24-13-25-20)27-9-7-26(8-10-27)6-2-3-14-12-23-17-5-4-15(21)11-16(14)17/h4-5,11-13,23H,2-3,6-10,22H2,1H3. The van der Waals surface area contributed by atoms with Gasteiger partial charge in [0.05, 0.1) is 7.11 Å². The summed E-state index contributed by atoms with van der Waals surface area (Å²) in [6.07, 6.45) is 5.45. The molecule has 3 aromatic rings. The van der Waals surface area contributed by atoms with Crippen molar-refractivity contribution in [3.05, 3.63) is 42.1 Å². The van der Waals surface area contributed by atoms with Gasteiger partial charge in [-0.3, -0.25) is 4.90 Å². The molecule has 2 aromatic heterocycles. The summed E-state index contributed by atoms with van der Waals surface area (Å²) in [7, 11) is 1.56. The number of piperazine rings is 1. The van der Waals surface area contributed by atoms with Gasteiger partial charge in [-0.15, -0.1) is 0 Å². The van der Waals surface area contributed by atoms with Crippen LogP contribution in [0.2, 0.25) is 0 Å². The van der Waals surface area contributed by atoms with E-state index in [-0.39, 0.29) is 5.82 Å². The first-order chi connectivity index (χ1) is 13.7. The van der Waals surface area contributed by atoms with Crippen molar-refractivity contribution in [3.8, 4) is 5.88 Å². The van der Waals surface area contributed by atoms with E-state index in [1.54, 1.807) is 19.2 Å². The van der Waals surface area contributed by atoms with Crippen LogP contribution in [-0.2, 0) is 6.42 Å². The number of rotatable bonds is 6. The van der Waals surface area contributed by atoms with Gasteiger partial charge >= 0.3 is 0 Å². The number of aromatic nitrogens is 3. The van der Waals surface area contributed by atoms with Gasteiger partial charge in [0.1, 0.15) is 17.8 Å². The van der Waals surface area contributed by atoms with E-state index in [1.165, 1.54) is 18.0 Å². The number of halogens is 1. The third-order valence-electron chi connectivity index (χ3n) is 5.34. The average Bonchev–Trinajstić information content (AvgIpc) is 3.11. The molecule has 28 heavy (non-hydrogen) atoms. The molecule has 0 radical (unpaired) electrons. The highest BCUT2D eigenvalue weighted by atomic mass is 19.1. The Morgan fingerprint density at radius 1 is 1.21 bits per heavy atom. The van der Waals surface area contributed by atoms with Crippen LogP contribution < -0.4 is 15.4 Å². The van der Waals surface area contributed by atoms with Gasteiger partial charge in [-0.25, -0.2) is 9.37 Å². The molecule has 1 fully saturated rings. The lowest BCUT2D eigenvalue weighted by atomic mass is 10.1. The van der Waals surface area contributed by atoms with Crippen LogP contribution in [0.1, 0.15) is 12.0 Å². The maximum absolute atomic E-state index is 13.5. The fourth-order valence-corrected chi connectivity index (χ4v) is 3.82. The van der Waals surface area contributed by atoms with E-state index in [2.05, 4.69) is 24.8 Å². The number of hydrogen-bond acceptors (Lipinski definition) is 6. The number of hydrogen-bond donors (Lipinski definition) is 2. The van der Waals surface area contributed by atoms with E-state index in [0.717, 1.165) is 62.3 Å². The lowest BCUT2D eigenvalue weighted by molar-refractivity contribution is 0.254. The Kier molecular flexibility index (Phi) is 5.29. The molecule has 1 aromatic carbocycles. The number of aromatic amines is 1. The van der Waals surface area contributed by atoms with Crippen LogP contribution in [0.25, 0.3) is 10.9 Å². The Bertz CT molecular complexity index is 951. The van der Waals surface area contributed by atoms with Gasteiger partial charge in [-0.05, 0) is 43.1 Å². The molecular weight excluding hydrogens is 359 g/mol. The average molecular weight is 384 g/mol. The van der Waals surface area contributed by atoms with E-state index in [4.69, 9.17) is 10.5 Å². The van der Waals surface area contributed by atoms with Gasteiger partial charge in [0.15, 0.2) is 5.82 Å². The smallest absolute Gasteiger partial charge is 0.242 e. The Balaban J connectivity index is 1.30. The molecular formula is C20H25FN6O. The maximum Gasteiger partial charge on any atom is 0.242 e. The summed E-state index contributed by atoms with van der Waals surface area (Å²) in [5.74, 6) is 0.972. The van der Waals surface area contributed by atoms with E-state index < -0.39 is 0 Å². The number of ether oxygens (including phenoxy) is 1. The molecule has 8 heteroatoms. The zero-order chi connectivity index (χ0) is 19.5. The molecule has 0 saturated carbocycles. The zero-order valence-electron chi connectivity index (χ0n) is 16.0. The summed E-state index contributed by atoms with van der Waals surface area (Å²) >= 11 is 0. The molecule has 0 bridgehead atoms. The maximum atomic E-state index is 13.5. The van der Waals surface area contributed by atoms with Crippen LogP contribution >= 0.6 is 0 Å². The largest absolute Gasteiger partial charge is 0.479 e. The lowest BCUT2D eigenvalue weighted by Crippen LogP contribution is -2.47. The second-order valence-electron chi connectivity index (χ2n) is 7.06. The number of nitrogens with two attached hydrogens (primary N) is 1. The summed E-state index contributed by atoms with van der Waals surface area (Å²) in [5, 5.41) is 0.984. The highest BCUT2D eigenvalue weighted by molar-refractivity contribution is 5.83. The predicted molar refractivity (Wildman–Crippen MR) is 108 cm³/mol. The normalized spacial score (nSPS) is 15.3. The minimum Gasteiger partial charge on any atom is -0.479 e. The van der Waals surface area contributed by atoms with Crippen LogP contribution in [0.15, 0.2) is 30.7 Å². The number of aryl methyl sites for hydroxylation is 1. The van der Waals surface area contributed by atoms with Crippen LogP contribution in [-0.4, -0.2) is 59.7 Å². The van der Waals surface area contributed by atoms with Crippen LogP contribution in [0.5, 0.6) is 5.88 Å². The summed E-state index contributed by atoms with van der Waals surface area (Å²) in [4.78, 5) is 16.2. The first-order valence-electron chi connectivity index (χ1n) is 9.53. The lowest BCUT2D eigenvalue weighted by Gasteiger charge is -2.35. The third-order valence-corrected chi connectivity index (χ3v) is 5.34. The molecule has 0 spiro atoms. The number of methoxy groups -OCH3 is 1. The number of nitrogens with one attached hydrogen (secondary N) is 1. The van der Waals surface area contributed by atoms with Crippen molar-refractivity contribution < 1.29 is 9.13 Å². The second kappa shape index (κ2) is 8.02. The summed E-state index contributed by atoms with van der Waals surface area (Å²) in [6, 6.07) is 4.89. The third kappa shape index (κ3) is 3.73. The first-order valence-corrected chi connectivity index (χ1v) is 9.53. The molecule has 0 atom stereocenters. The van der Waals surface area contributed by atoms with Gasteiger partial charge in [0.2, 0.25) is 5.88 Å². The van der Waals surface area contributed by atoms with Crippen LogP contribution in [0.4, 0.5) is 15.9 Å². The van der Waals surface area contributed by atoms with Gasteiger partial charge in [0, 0.05) is 43.3 Å². The minimum atomic E-state index is -0.190. The Morgan fingerprint density at radius 2 is 2.04 bits per heavy atom. The minimum absolute atomic E-state index is 0.190. The van der Waals surface area contributed by atoms with Gasteiger partial charge in [0.25, 0.3) is 0 Å². The van der Waals surface area contributed by atoms with Crippen LogP contribution in [0, 0.1) is 5.82 Å². The molecule has 3 N–H and O–H groups in total. The number of anilines is 2. The molecule has 1 saturated heterocycles. The van der Waals surface area contributed by atoms with Crippen molar-refractivity contribution in [2.24, 2.45) is 0 Å². The number of H-pyrrole nitrogens is 1. The van der Waals surface area contributed by atoms with Crippen molar-refractivity contribution >= 4 is 22.4 Å². The molecule has 7 nitrogen and oxygen atoms in total. The zero-order valence-corrected chi connectivity index (χ0v) is 16.0. The highest BCUT2D eigenvalue weighted by Gasteiger charge is 2.21. The number of nitrogen functional groups attached to an aromatic ring is 1. The molecule has 1 aliphatic heterocycles. The molecule has 0 unspecified atom stereocenters. The fourth-order valence-electron chi connectivity index (χ4n) is 3.82. The Hall–Kier alpha value is -2.87. The Morgan fingerprint density at radius 3 is 2.82 bits per heavy atom. The summed E-state index contributed by atoms with van der Waals surface area (Å²) < 4.78 is 18.7. The molecule has 0 aliphatic carbocycles. The summed E-state index contributed by atoms with van der Waals surface area (Å²) in [6.45, 7) is 4.65. The molecule has 3 heterocycles. The number of benzene rings is 1. The quantitative estimate of drug-likeness (QED) is 0.679. The van der Waals surface area contributed by atoms with Gasteiger partial charge in [-0.1, -0.05) is 0 Å². The number of fused-ring (bicyclic) bond motifs is 1. The van der Waals surface area contributed by atoms with Crippen molar-refractivity contribution in [3.63, 3.8) is 0 Å². The topological polar surface area (TPSA) is 83.3 Å².